The Morgan fingerprint density at radius 2 is 0.855 bits per heavy atom. The lowest BCUT2D eigenvalue weighted by molar-refractivity contribution is -0.143. The van der Waals surface area contributed by atoms with E-state index in [9.17, 15) is 58.5 Å². The smallest absolute Gasteiger partial charge is 0.326 e. The van der Waals surface area contributed by atoms with E-state index in [4.69, 9.17) is 5.73 Å². The maximum absolute atomic E-state index is 14.3. The monoisotopic (exact) mass is 950 g/mol. The molecule has 7 amide bonds. The molecule has 0 aliphatic rings. The first-order valence-corrected chi connectivity index (χ1v) is 22.0. The summed E-state index contributed by atoms with van der Waals surface area (Å²) in [6.45, 7) is 2.37. The molecule has 0 aliphatic carbocycles. The van der Waals surface area contributed by atoms with Gasteiger partial charge in [0.25, 0.3) is 0 Å². The molecule has 6 atom stereocenters. The quantitative estimate of drug-likeness (QED) is 0.0391. The summed E-state index contributed by atoms with van der Waals surface area (Å²) in [5.41, 5.74) is 7.68. The fourth-order valence-corrected chi connectivity index (χ4v) is 7.01. The number of rotatable bonds is 26. The Labute approximate surface area is 398 Å². The van der Waals surface area contributed by atoms with E-state index in [2.05, 4.69) is 37.2 Å². The third-order valence-electron chi connectivity index (χ3n) is 10.6. The maximum atomic E-state index is 14.3. The molecule has 0 aliphatic heterocycles. The lowest BCUT2D eigenvalue weighted by Gasteiger charge is -2.26. The maximum Gasteiger partial charge on any atom is 0.326 e. The van der Waals surface area contributed by atoms with Crippen LogP contribution in [0.15, 0.2) is 115 Å². The topological polar surface area (TPSA) is 325 Å². The molecule has 0 radical (unpaired) electrons. The Balaban J connectivity index is 1.54. The van der Waals surface area contributed by atoms with Crippen molar-refractivity contribution in [1.82, 2.24) is 37.2 Å². The van der Waals surface area contributed by atoms with Crippen molar-refractivity contribution in [2.24, 2.45) is 11.7 Å². The van der Waals surface area contributed by atoms with Gasteiger partial charge in [-0.2, -0.15) is 0 Å². The number of nitrogens with two attached hydrogens (primary N) is 1. The predicted molar refractivity (Wildman–Crippen MR) is 251 cm³/mol. The minimum absolute atomic E-state index is 0.00845. The number of aliphatic carboxylic acids is 2. The van der Waals surface area contributed by atoms with Crippen LogP contribution in [0.4, 0.5) is 0 Å². The lowest BCUT2D eigenvalue weighted by atomic mass is 10.0. The fourth-order valence-electron chi connectivity index (χ4n) is 7.01. The third kappa shape index (κ3) is 18.2. The Kier molecular flexibility index (Phi) is 20.8. The molecule has 0 saturated carbocycles. The van der Waals surface area contributed by atoms with Gasteiger partial charge in [0.15, 0.2) is 0 Å². The van der Waals surface area contributed by atoms with E-state index >= 15 is 0 Å². The number of carbonyl (C=O) groups is 9. The first-order chi connectivity index (χ1) is 32.9. The Hall–Kier alpha value is -8.13. The number of carbonyl (C=O) groups excluding carboxylic acids is 7. The largest absolute Gasteiger partial charge is 0.508 e. The third-order valence-corrected chi connectivity index (χ3v) is 10.6. The van der Waals surface area contributed by atoms with Gasteiger partial charge in [-0.3, -0.25) is 38.4 Å². The van der Waals surface area contributed by atoms with Crippen LogP contribution in [0.3, 0.4) is 0 Å². The number of carboxylic acids is 2. The molecule has 12 N–H and O–H groups in total. The first-order valence-electron chi connectivity index (χ1n) is 22.0. The highest BCUT2D eigenvalue weighted by molar-refractivity contribution is 5.97. The summed E-state index contributed by atoms with van der Waals surface area (Å²) >= 11 is 0. The summed E-state index contributed by atoms with van der Waals surface area (Å²) in [6.07, 6.45) is -1.49. The molecule has 0 saturated heterocycles. The molecule has 4 rings (SSSR count). The number of nitrogens with one attached hydrogen (secondary N) is 7. The molecule has 0 unspecified atom stereocenters. The van der Waals surface area contributed by atoms with Crippen molar-refractivity contribution in [1.29, 1.82) is 0 Å². The first kappa shape index (κ1) is 53.5. The van der Waals surface area contributed by atoms with Crippen LogP contribution < -0.4 is 43.0 Å². The van der Waals surface area contributed by atoms with E-state index in [1.165, 1.54) is 24.3 Å². The molecule has 20 nitrogen and oxygen atoms in total. The summed E-state index contributed by atoms with van der Waals surface area (Å²) < 4.78 is 0. The highest BCUT2D eigenvalue weighted by atomic mass is 16.4. The van der Waals surface area contributed by atoms with Gasteiger partial charge in [-0.1, -0.05) is 117 Å². The van der Waals surface area contributed by atoms with Gasteiger partial charge in [0.05, 0.1) is 19.5 Å². The molecule has 0 aromatic heterocycles. The van der Waals surface area contributed by atoms with E-state index in [0.717, 1.165) is 0 Å². The number of amides is 7. The predicted octanol–water partition coefficient (Wildman–Crippen LogP) is -0.138. The van der Waals surface area contributed by atoms with Crippen LogP contribution in [0.25, 0.3) is 0 Å². The van der Waals surface area contributed by atoms with Crippen LogP contribution in [0.1, 0.15) is 42.5 Å². The molecule has 0 fully saturated rings. The second kappa shape index (κ2) is 26.9. The number of hydrogen-bond donors (Lipinski definition) is 11. The van der Waals surface area contributed by atoms with Gasteiger partial charge >= 0.3 is 11.9 Å². The number of phenolic OH excluding ortho intramolecular Hbond substituents is 1. The number of hydrogen-bond acceptors (Lipinski definition) is 11. The van der Waals surface area contributed by atoms with Crippen LogP contribution in [-0.4, -0.2) is 118 Å². The number of carboxylic acid groups (broad SMARTS) is 2. The molecule has 4 aromatic rings. The standard InChI is InChI=1S/C49H58N8O12/c1-29(2)43(57-40(59)27-50)48(67)55-35(22-30-12-6-3-7-13-30)44(63)51-28-41(60)52-36(23-31-14-8-4-9-15-31)45(64)53-37(24-32-16-10-5-11-17-32)46(65)54-38(26-42(61)62)47(66)56-39(49(68)69)25-33-18-20-34(58)21-19-33/h3-21,29,35-39,43,58H,22-28,50H2,1-2H3,(H,51,63)(H,52,60)(H,53,64)(H,54,65)(H,55,67)(H,56,66)(H,57,59)(H,61,62)(H,68,69)/t35-,36-,37-,38-,39-,43-/m0/s1. The molecule has 4 aromatic carbocycles. The average molecular weight is 951 g/mol. The molecular formula is C49H58N8O12. The van der Waals surface area contributed by atoms with Crippen molar-refractivity contribution in [2.45, 2.75) is 82.2 Å². The Bertz CT molecular complexity index is 2390. The molecule has 0 heterocycles. The molecule has 0 bridgehead atoms. The fraction of sp³-hybridized carbons (Fsp3) is 0.327. The molecule has 366 valence electrons. The molecule has 20 heteroatoms. The van der Waals surface area contributed by atoms with E-state index in [1.807, 2.05) is 0 Å². The number of benzene rings is 4. The average Bonchev–Trinajstić information content (AvgIpc) is 3.32. The van der Waals surface area contributed by atoms with E-state index in [0.29, 0.717) is 22.3 Å². The van der Waals surface area contributed by atoms with Crippen molar-refractivity contribution < 1.29 is 58.5 Å². The van der Waals surface area contributed by atoms with E-state index in [-0.39, 0.29) is 43.9 Å². The van der Waals surface area contributed by atoms with Crippen molar-refractivity contribution in [3.05, 3.63) is 138 Å². The van der Waals surface area contributed by atoms with Crippen molar-refractivity contribution in [3.8, 4) is 5.75 Å². The van der Waals surface area contributed by atoms with Gasteiger partial charge < -0.3 is 58.3 Å². The number of phenols is 1. The zero-order valence-electron chi connectivity index (χ0n) is 38.1. The van der Waals surface area contributed by atoms with Crippen LogP contribution in [0, 0.1) is 5.92 Å². The van der Waals surface area contributed by atoms with Crippen LogP contribution >= 0.6 is 0 Å². The second-order valence-electron chi connectivity index (χ2n) is 16.5. The highest BCUT2D eigenvalue weighted by Gasteiger charge is 2.34. The summed E-state index contributed by atoms with van der Waals surface area (Å²) in [7, 11) is 0. The summed E-state index contributed by atoms with van der Waals surface area (Å²) in [6, 6.07) is 22.7. The molecular weight excluding hydrogens is 893 g/mol. The number of aromatic hydroxyl groups is 1. The second-order valence-corrected chi connectivity index (χ2v) is 16.5. The SMILES string of the molecule is CC(C)[C@H](NC(=O)CN)C(=O)N[C@@H](Cc1ccccc1)C(=O)NCC(=O)N[C@@H](Cc1ccccc1)C(=O)N[C@@H](Cc1ccccc1)C(=O)N[C@@H](CC(=O)O)C(=O)N[C@@H](Cc1ccc(O)cc1)C(=O)O. The van der Waals surface area contributed by atoms with Gasteiger partial charge in [0.1, 0.15) is 42.0 Å². The highest BCUT2D eigenvalue weighted by Crippen LogP contribution is 2.13. The van der Waals surface area contributed by atoms with Gasteiger partial charge in [0, 0.05) is 25.7 Å². The zero-order chi connectivity index (χ0) is 50.5. The van der Waals surface area contributed by atoms with E-state index in [1.54, 1.807) is 105 Å². The van der Waals surface area contributed by atoms with Crippen molar-refractivity contribution in [3.63, 3.8) is 0 Å². The van der Waals surface area contributed by atoms with Gasteiger partial charge in [-0.15, -0.1) is 0 Å². The Morgan fingerprint density at radius 1 is 0.464 bits per heavy atom. The van der Waals surface area contributed by atoms with Gasteiger partial charge in [0.2, 0.25) is 41.4 Å². The van der Waals surface area contributed by atoms with Gasteiger partial charge in [-0.05, 0) is 40.3 Å². The summed E-state index contributed by atoms with van der Waals surface area (Å²) in [5.74, 6) is -9.27. The van der Waals surface area contributed by atoms with Crippen LogP contribution in [0.5, 0.6) is 5.75 Å². The minimum atomic E-state index is -1.81. The summed E-state index contributed by atoms with van der Waals surface area (Å²) in [5, 5.41) is 46.8. The zero-order valence-corrected chi connectivity index (χ0v) is 38.1. The van der Waals surface area contributed by atoms with Crippen LogP contribution in [-0.2, 0) is 68.8 Å². The lowest BCUT2D eigenvalue weighted by Crippen LogP contribution is -2.59. The van der Waals surface area contributed by atoms with Crippen molar-refractivity contribution >= 4 is 53.3 Å². The summed E-state index contributed by atoms with van der Waals surface area (Å²) in [4.78, 5) is 119. The normalized spacial score (nSPS) is 13.4. The van der Waals surface area contributed by atoms with Crippen molar-refractivity contribution in [2.75, 3.05) is 13.1 Å². The van der Waals surface area contributed by atoms with E-state index < -0.39 is 103 Å². The molecule has 69 heavy (non-hydrogen) atoms. The van der Waals surface area contributed by atoms with Gasteiger partial charge in [-0.25, -0.2) is 4.79 Å². The molecule has 0 spiro atoms. The minimum Gasteiger partial charge on any atom is -0.508 e. The van der Waals surface area contributed by atoms with Crippen LogP contribution in [0.2, 0.25) is 0 Å². The Morgan fingerprint density at radius 3 is 1.30 bits per heavy atom.